The fourth-order valence-electron chi connectivity index (χ4n) is 3.88. The molecule has 4 aromatic heterocycles. The van der Waals surface area contributed by atoms with Gasteiger partial charge in [-0.25, -0.2) is 4.98 Å². The predicted octanol–water partition coefficient (Wildman–Crippen LogP) is 5.47. The molecule has 0 unspecified atom stereocenters. The van der Waals surface area contributed by atoms with E-state index in [1.165, 1.54) is 18.5 Å². The molecular weight excluding hydrogens is 370 g/mol. The molecule has 0 saturated heterocycles. The lowest BCUT2D eigenvalue weighted by Gasteiger charge is -2.06. The van der Waals surface area contributed by atoms with Crippen LogP contribution in [0.25, 0.3) is 38.9 Å². The second-order valence-corrected chi connectivity index (χ2v) is 7.66. The van der Waals surface area contributed by atoms with E-state index in [1.807, 2.05) is 36.7 Å². The molecule has 1 aliphatic rings. The van der Waals surface area contributed by atoms with Crippen molar-refractivity contribution >= 4 is 28.2 Å². The number of pyridine rings is 2. The Hall–Kier alpha value is -3.18. The fraction of sp³-hybridized carbons (Fsp3) is 0.136. The smallest absolute Gasteiger partial charge is 0.147 e. The number of hydrogen-bond acceptors (Lipinski definition) is 3. The molecule has 1 aliphatic carbocycles. The Morgan fingerprint density at radius 2 is 1.96 bits per heavy atom. The van der Waals surface area contributed by atoms with Crippen LogP contribution in [0.3, 0.4) is 0 Å². The van der Waals surface area contributed by atoms with Crippen LogP contribution in [0.1, 0.15) is 24.5 Å². The van der Waals surface area contributed by atoms with Crippen molar-refractivity contribution < 1.29 is 0 Å². The van der Waals surface area contributed by atoms with Crippen molar-refractivity contribution in [1.29, 1.82) is 0 Å². The highest BCUT2D eigenvalue weighted by molar-refractivity contribution is 6.33. The summed E-state index contributed by atoms with van der Waals surface area (Å²) in [6.07, 6.45) is 10.0. The lowest BCUT2D eigenvalue weighted by molar-refractivity contribution is 0.989. The summed E-state index contributed by atoms with van der Waals surface area (Å²) < 4.78 is 2.22. The van der Waals surface area contributed by atoms with Crippen molar-refractivity contribution in [3.05, 3.63) is 71.9 Å². The van der Waals surface area contributed by atoms with E-state index in [9.17, 15) is 0 Å². The molecule has 1 saturated carbocycles. The highest BCUT2D eigenvalue weighted by Gasteiger charge is 2.31. The van der Waals surface area contributed by atoms with Crippen LogP contribution in [0.15, 0.2) is 61.2 Å². The maximum atomic E-state index is 6.52. The molecular formula is C22H16ClN5. The fourth-order valence-corrected chi connectivity index (χ4v) is 4.11. The van der Waals surface area contributed by atoms with Crippen LogP contribution in [0.2, 0.25) is 5.02 Å². The molecule has 0 bridgehead atoms. The Balaban J connectivity index is 1.67. The van der Waals surface area contributed by atoms with Gasteiger partial charge in [-0.1, -0.05) is 29.8 Å². The van der Waals surface area contributed by atoms with Crippen LogP contribution in [0.5, 0.6) is 0 Å². The summed E-state index contributed by atoms with van der Waals surface area (Å²) in [5.41, 5.74) is 7.10. The summed E-state index contributed by atoms with van der Waals surface area (Å²) in [5.74, 6) is 0.531. The van der Waals surface area contributed by atoms with Gasteiger partial charge in [-0.05, 0) is 31.0 Å². The highest BCUT2D eigenvalue weighted by Crippen LogP contribution is 2.46. The number of halogens is 1. The molecule has 136 valence electrons. The van der Waals surface area contributed by atoms with E-state index in [0.717, 1.165) is 44.0 Å². The number of benzene rings is 1. The maximum Gasteiger partial charge on any atom is 0.147 e. The Morgan fingerprint density at radius 1 is 1.07 bits per heavy atom. The number of aromatic nitrogens is 5. The predicted molar refractivity (Wildman–Crippen MR) is 110 cm³/mol. The summed E-state index contributed by atoms with van der Waals surface area (Å²) >= 11 is 6.52. The Morgan fingerprint density at radius 3 is 2.75 bits per heavy atom. The Kier molecular flexibility index (Phi) is 3.34. The number of nitrogens with one attached hydrogen (secondary N) is 1. The first-order chi connectivity index (χ1) is 13.8. The molecule has 28 heavy (non-hydrogen) atoms. The number of rotatable bonds is 3. The van der Waals surface area contributed by atoms with Gasteiger partial charge in [0.1, 0.15) is 5.65 Å². The second-order valence-electron chi connectivity index (χ2n) is 7.25. The third-order valence-corrected chi connectivity index (χ3v) is 5.74. The van der Waals surface area contributed by atoms with Gasteiger partial charge in [0.25, 0.3) is 0 Å². The molecule has 1 N–H and O–H groups in total. The van der Waals surface area contributed by atoms with Crippen LogP contribution in [-0.2, 0) is 0 Å². The van der Waals surface area contributed by atoms with Gasteiger partial charge < -0.3 is 4.40 Å². The van der Waals surface area contributed by atoms with Crippen molar-refractivity contribution in [3.63, 3.8) is 0 Å². The lowest BCUT2D eigenvalue weighted by atomic mass is 10.1. The van der Waals surface area contributed by atoms with Gasteiger partial charge in [0.05, 0.1) is 28.1 Å². The molecule has 0 amide bonds. The van der Waals surface area contributed by atoms with Crippen molar-refractivity contribution in [2.45, 2.75) is 18.8 Å². The van der Waals surface area contributed by atoms with Gasteiger partial charge in [0, 0.05) is 46.6 Å². The molecule has 1 fully saturated rings. The average Bonchev–Trinajstić information content (AvgIpc) is 3.26. The Labute approximate surface area is 166 Å². The summed E-state index contributed by atoms with van der Waals surface area (Å²) in [5, 5.41) is 8.68. The SMILES string of the molecule is Clc1ccccc1-c1nc2c3cc(-c4cn[nH]c4)cnc3ccn2c1C1CC1. The third kappa shape index (κ3) is 2.36. The van der Waals surface area contributed by atoms with E-state index in [2.05, 4.69) is 37.9 Å². The van der Waals surface area contributed by atoms with Crippen LogP contribution < -0.4 is 0 Å². The van der Waals surface area contributed by atoms with Crippen molar-refractivity contribution in [2.24, 2.45) is 0 Å². The third-order valence-electron chi connectivity index (χ3n) is 5.41. The Bertz CT molecular complexity index is 1330. The second kappa shape index (κ2) is 5.91. The molecule has 5 aromatic rings. The minimum Gasteiger partial charge on any atom is -0.302 e. The van der Waals surface area contributed by atoms with E-state index in [4.69, 9.17) is 16.6 Å². The number of hydrogen-bond donors (Lipinski definition) is 1. The summed E-state index contributed by atoms with van der Waals surface area (Å²) in [6, 6.07) is 12.1. The normalized spacial score (nSPS) is 14.2. The van der Waals surface area contributed by atoms with E-state index < -0.39 is 0 Å². The molecule has 4 heterocycles. The minimum atomic E-state index is 0.531. The number of nitrogens with zero attached hydrogens (tertiary/aromatic N) is 4. The number of aromatic amines is 1. The molecule has 0 spiro atoms. The summed E-state index contributed by atoms with van der Waals surface area (Å²) in [7, 11) is 0. The number of H-pyrrole nitrogens is 1. The van der Waals surface area contributed by atoms with E-state index in [-0.39, 0.29) is 0 Å². The van der Waals surface area contributed by atoms with Crippen LogP contribution >= 0.6 is 11.6 Å². The first-order valence-electron chi connectivity index (χ1n) is 9.34. The molecule has 0 aliphatic heterocycles. The monoisotopic (exact) mass is 385 g/mol. The zero-order valence-corrected chi connectivity index (χ0v) is 15.7. The van der Waals surface area contributed by atoms with Gasteiger partial charge in [0.2, 0.25) is 0 Å². The zero-order chi connectivity index (χ0) is 18.7. The number of imidazole rings is 1. The largest absolute Gasteiger partial charge is 0.302 e. The molecule has 0 atom stereocenters. The first-order valence-corrected chi connectivity index (χ1v) is 9.72. The van der Waals surface area contributed by atoms with Crippen LogP contribution in [-0.4, -0.2) is 24.6 Å². The van der Waals surface area contributed by atoms with Crippen molar-refractivity contribution in [1.82, 2.24) is 24.6 Å². The summed E-state index contributed by atoms with van der Waals surface area (Å²) in [4.78, 5) is 9.73. The van der Waals surface area contributed by atoms with Gasteiger partial charge in [-0.2, -0.15) is 5.10 Å². The van der Waals surface area contributed by atoms with Crippen LogP contribution in [0.4, 0.5) is 0 Å². The highest BCUT2D eigenvalue weighted by atomic mass is 35.5. The molecule has 6 heteroatoms. The lowest BCUT2D eigenvalue weighted by Crippen LogP contribution is -1.94. The van der Waals surface area contributed by atoms with Crippen molar-refractivity contribution in [3.8, 4) is 22.4 Å². The van der Waals surface area contributed by atoms with E-state index >= 15 is 0 Å². The quantitative estimate of drug-likeness (QED) is 0.448. The van der Waals surface area contributed by atoms with E-state index in [1.54, 1.807) is 6.20 Å². The first kappa shape index (κ1) is 15.8. The van der Waals surface area contributed by atoms with Crippen molar-refractivity contribution in [2.75, 3.05) is 0 Å². The van der Waals surface area contributed by atoms with Gasteiger partial charge >= 0.3 is 0 Å². The molecule has 5 nitrogen and oxygen atoms in total. The average molecular weight is 386 g/mol. The maximum absolute atomic E-state index is 6.52. The molecule has 0 radical (unpaired) electrons. The van der Waals surface area contributed by atoms with E-state index in [0.29, 0.717) is 5.92 Å². The minimum absolute atomic E-state index is 0.531. The number of fused-ring (bicyclic) bond motifs is 3. The molecule has 1 aromatic carbocycles. The zero-order valence-electron chi connectivity index (χ0n) is 14.9. The standard InChI is InChI=1S/C22H16ClN5/c23-18-4-2-1-3-16(18)20-21(13-5-6-13)28-8-7-19-17(22(28)27-20)9-14(10-24-19)15-11-25-26-12-15/h1-4,7-13H,5-6H2,(H,25,26). The van der Waals surface area contributed by atoms with Gasteiger partial charge in [0.15, 0.2) is 0 Å². The van der Waals surface area contributed by atoms with Gasteiger partial charge in [-0.3, -0.25) is 10.1 Å². The topological polar surface area (TPSA) is 58.9 Å². The molecule has 6 rings (SSSR count). The van der Waals surface area contributed by atoms with Crippen LogP contribution in [0, 0.1) is 0 Å². The summed E-state index contributed by atoms with van der Waals surface area (Å²) in [6.45, 7) is 0. The van der Waals surface area contributed by atoms with Gasteiger partial charge in [-0.15, -0.1) is 0 Å².